The Morgan fingerprint density at radius 1 is 1.46 bits per heavy atom. The Kier molecular flexibility index (Phi) is 1.87. The molecule has 0 heterocycles. The first-order chi connectivity index (χ1) is 5.96. The summed E-state index contributed by atoms with van der Waals surface area (Å²) in [5.74, 6) is -0.129. The lowest BCUT2D eigenvalue weighted by molar-refractivity contribution is -0.131. The second kappa shape index (κ2) is 2.61. The van der Waals surface area contributed by atoms with Crippen LogP contribution in [0.2, 0.25) is 0 Å². The van der Waals surface area contributed by atoms with Crippen LogP contribution in [0, 0.1) is 11.8 Å². The number of halogens is 2. The lowest BCUT2D eigenvalue weighted by Crippen LogP contribution is -2.54. The molecule has 1 saturated carbocycles. The molecule has 0 spiro atoms. The summed E-state index contributed by atoms with van der Waals surface area (Å²) >= 11 is 11.7. The Labute approximate surface area is 87.4 Å². The fraction of sp³-hybridized carbons (Fsp3) is 0.500. The molecule has 0 amide bonds. The molecule has 0 aromatic carbocycles. The van der Waals surface area contributed by atoms with Gasteiger partial charge in [0, 0.05) is 5.92 Å². The largest absolute Gasteiger partial charge is 0.296 e. The van der Waals surface area contributed by atoms with Gasteiger partial charge in [0.25, 0.3) is 0 Å². The first-order valence-corrected chi connectivity index (χ1v) is 4.99. The predicted molar refractivity (Wildman–Crippen MR) is 53.9 cm³/mol. The number of carbonyl (C=O) groups is 1. The smallest absolute Gasteiger partial charge is 0.183 e. The number of hydrogen-bond acceptors (Lipinski definition) is 1. The van der Waals surface area contributed by atoms with Crippen molar-refractivity contribution in [2.75, 3.05) is 0 Å². The summed E-state index contributed by atoms with van der Waals surface area (Å²) in [5.41, 5.74) is 2.26. The number of alkyl halides is 2. The number of fused-ring (bicyclic) bond motifs is 1. The highest BCUT2D eigenvalue weighted by Crippen LogP contribution is 2.56. The molecular weight excluding hydrogens is 207 g/mol. The van der Waals surface area contributed by atoms with Crippen molar-refractivity contribution in [2.45, 2.75) is 18.2 Å². The van der Waals surface area contributed by atoms with Crippen LogP contribution in [0.4, 0.5) is 0 Å². The molecule has 13 heavy (non-hydrogen) atoms. The minimum Gasteiger partial charge on any atom is -0.296 e. The monoisotopic (exact) mass is 216 g/mol. The van der Waals surface area contributed by atoms with Crippen molar-refractivity contribution in [2.24, 2.45) is 11.8 Å². The molecule has 1 fully saturated rings. The third-order valence-corrected chi connectivity index (χ3v) is 3.66. The van der Waals surface area contributed by atoms with Gasteiger partial charge in [-0.05, 0) is 19.4 Å². The molecule has 1 nitrogen and oxygen atoms in total. The van der Waals surface area contributed by atoms with E-state index < -0.39 is 4.33 Å². The molecule has 2 atom stereocenters. The number of hydrogen-bond donors (Lipinski definition) is 0. The van der Waals surface area contributed by atoms with Gasteiger partial charge in [0.1, 0.15) is 0 Å². The normalized spacial score (nSPS) is 34.5. The Hall–Kier alpha value is -0.270. The molecule has 2 unspecified atom stereocenters. The molecule has 2 rings (SSSR count). The van der Waals surface area contributed by atoms with E-state index in [1.54, 1.807) is 0 Å². The van der Waals surface area contributed by atoms with E-state index in [2.05, 4.69) is 0 Å². The molecule has 3 heteroatoms. The summed E-state index contributed by atoms with van der Waals surface area (Å²) in [6, 6.07) is 0. The van der Waals surface area contributed by atoms with Gasteiger partial charge >= 0.3 is 0 Å². The molecule has 0 bridgehead atoms. The second-order valence-electron chi connectivity index (χ2n) is 3.81. The first kappa shape index (κ1) is 9.29. The van der Waals surface area contributed by atoms with Gasteiger partial charge in [0.2, 0.25) is 0 Å². The van der Waals surface area contributed by atoms with Crippen LogP contribution >= 0.6 is 23.2 Å². The van der Waals surface area contributed by atoms with E-state index in [4.69, 9.17) is 23.2 Å². The lowest BCUT2D eigenvalue weighted by Gasteiger charge is -2.41. The Morgan fingerprint density at radius 3 is 2.62 bits per heavy atom. The molecule has 0 radical (unpaired) electrons. The van der Waals surface area contributed by atoms with Crippen molar-refractivity contribution < 1.29 is 4.79 Å². The SMILES string of the molecule is CC(C)=C1C=CC2C1C(=O)C2(Cl)Cl. The fourth-order valence-corrected chi connectivity index (χ4v) is 2.64. The Bertz CT molecular complexity index is 335. The lowest BCUT2D eigenvalue weighted by atomic mass is 9.71. The quantitative estimate of drug-likeness (QED) is 0.570. The predicted octanol–water partition coefficient (Wildman–Crippen LogP) is 2.88. The molecule has 70 valence electrons. The third kappa shape index (κ3) is 1.04. The Balaban J connectivity index is 2.38. The van der Waals surface area contributed by atoms with Crippen LogP contribution in [-0.2, 0) is 4.79 Å². The molecule has 0 aromatic heterocycles. The van der Waals surface area contributed by atoms with E-state index in [0.717, 1.165) is 5.57 Å². The average Bonchev–Trinajstić information content (AvgIpc) is 2.45. The van der Waals surface area contributed by atoms with Crippen molar-refractivity contribution >= 4 is 29.0 Å². The maximum atomic E-state index is 11.5. The van der Waals surface area contributed by atoms with E-state index in [9.17, 15) is 4.79 Å². The van der Waals surface area contributed by atoms with E-state index >= 15 is 0 Å². The maximum Gasteiger partial charge on any atom is 0.183 e. The van der Waals surface area contributed by atoms with Crippen molar-refractivity contribution in [3.8, 4) is 0 Å². The second-order valence-corrected chi connectivity index (χ2v) is 5.19. The number of carbonyl (C=O) groups excluding carboxylic acids is 1. The third-order valence-electron chi connectivity index (χ3n) is 2.78. The van der Waals surface area contributed by atoms with E-state index in [1.165, 1.54) is 5.57 Å². The highest BCUT2D eigenvalue weighted by atomic mass is 35.5. The van der Waals surface area contributed by atoms with Crippen LogP contribution < -0.4 is 0 Å². The zero-order chi connectivity index (χ0) is 9.80. The number of rotatable bonds is 0. The molecular formula is C10H10Cl2O. The summed E-state index contributed by atoms with van der Waals surface area (Å²) < 4.78 is -1.17. The van der Waals surface area contributed by atoms with Crippen LogP contribution in [0.3, 0.4) is 0 Å². The molecule has 2 aliphatic carbocycles. The van der Waals surface area contributed by atoms with E-state index in [1.807, 2.05) is 26.0 Å². The van der Waals surface area contributed by atoms with E-state index in [-0.39, 0.29) is 17.6 Å². The first-order valence-electron chi connectivity index (χ1n) is 4.24. The van der Waals surface area contributed by atoms with Gasteiger partial charge in [-0.1, -0.05) is 40.9 Å². The molecule has 2 aliphatic rings. The zero-order valence-corrected chi connectivity index (χ0v) is 8.99. The number of Topliss-reactive ketones (excluding diaryl/α,β-unsaturated/α-hetero) is 1. The Morgan fingerprint density at radius 2 is 2.08 bits per heavy atom. The average molecular weight is 217 g/mol. The molecule has 0 N–H and O–H groups in total. The summed E-state index contributed by atoms with van der Waals surface area (Å²) in [6.45, 7) is 4.00. The van der Waals surface area contributed by atoms with Gasteiger partial charge in [-0.15, -0.1) is 0 Å². The minimum absolute atomic E-state index is 0.00627. The highest BCUT2D eigenvalue weighted by molar-refractivity contribution is 6.61. The van der Waals surface area contributed by atoms with Crippen molar-refractivity contribution in [1.82, 2.24) is 0 Å². The minimum atomic E-state index is -1.17. The maximum absolute atomic E-state index is 11.5. The van der Waals surface area contributed by atoms with Gasteiger partial charge in [0.15, 0.2) is 10.1 Å². The molecule has 0 saturated heterocycles. The summed E-state index contributed by atoms with van der Waals surface area (Å²) in [6.07, 6.45) is 3.91. The summed E-state index contributed by atoms with van der Waals surface area (Å²) in [5, 5.41) is 0. The highest BCUT2D eigenvalue weighted by Gasteiger charge is 2.61. The summed E-state index contributed by atoms with van der Waals surface area (Å²) in [4.78, 5) is 11.5. The molecule has 0 aliphatic heterocycles. The van der Waals surface area contributed by atoms with Crippen molar-refractivity contribution in [3.05, 3.63) is 23.3 Å². The van der Waals surface area contributed by atoms with Crippen LogP contribution in [0.15, 0.2) is 23.3 Å². The number of ketones is 1. The van der Waals surface area contributed by atoms with Gasteiger partial charge in [-0.2, -0.15) is 0 Å². The standard InChI is InChI=1S/C10H10Cl2O/c1-5(2)6-3-4-7-8(6)9(13)10(7,11)12/h3-4,7-8H,1-2H3. The van der Waals surface area contributed by atoms with Crippen LogP contribution in [0.25, 0.3) is 0 Å². The zero-order valence-electron chi connectivity index (χ0n) is 7.47. The van der Waals surface area contributed by atoms with Crippen molar-refractivity contribution in [1.29, 1.82) is 0 Å². The number of allylic oxidation sites excluding steroid dienone is 4. The van der Waals surface area contributed by atoms with E-state index in [0.29, 0.717) is 0 Å². The van der Waals surface area contributed by atoms with Gasteiger partial charge in [-0.25, -0.2) is 0 Å². The van der Waals surface area contributed by atoms with Crippen LogP contribution in [0.1, 0.15) is 13.8 Å². The van der Waals surface area contributed by atoms with Gasteiger partial charge < -0.3 is 0 Å². The molecule has 0 aromatic rings. The van der Waals surface area contributed by atoms with Gasteiger partial charge in [0.05, 0.1) is 5.92 Å². The topological polar surface area (TPSA) is 17.1 Å². The van der Waals surface area contributed by atoms with Crippen molar-refractivity contribution in [3.63, 3.8) is 0 Å². The summed E-state index contributed by atoms with van der Waals surface area (Å²) in [7, 11) is 0. The van der Waals surface area contributed by atoms with Crippen LogP contribution in [-0.4, -0.2) is 10.1 Å². The van der Waals surface area contributed by atoms with Crippen LogP contribution in [0.5, 0.6) is 0 Å². The fourth-order valence-electron chi connectivity index (χ4n) is 2.00. The van der Waals surface area contributed by atoms with Gasteiger partial charge in [-0.3, -0.25) is 4.79 Å².